The standard InChI is InChI=1S/C13H14F3N3O/c14-13(15,16)8-1-4-12(17-6-8)18-10-5-9-2-3-11(10)19(9)7-20/h1,4,6-7,9-11H,2-3,5H2,(H,17,18)/t9-,10-,11+/m1/s1. The highest BCUT2D eigenvalue weighted by Gasteiger charge is 2.45. The number of fused-ring (bicyclic) bond motifs is 2. The lowest BCUT2D eigenvalue weighted by molar-refractivity contribution is -0.137. The van der Waals surface area contributed by atoms with Gasteiger partial charge in [0, 0.05) is 18.3 Å². The van der Waals surface area contributed by atoms with Gasteiger partial charge >= 0.3 is 6.18 Å². The average Bonchev–Trinajstić information content (AvgIpc) is 2.94. The molecule has 1 aromatic rings. The molecule has 4 nitrogen and oxygen atoms in total. The first-order chi connectivity index (χ1) is 9.49. The molecular formula is C13H14F3N3O. The lowest BCUT2D eigenvalue weighted by Crippen LogP contribution is -2.35. The number of nitrogens with zero attached hydrogens (tertiary/aromatic N) is 2. The van der Waals surface area contributed by atoms with E-state index in [1.54, 1.807) is 0 Å². The van der Waals surface area contributed by atoms with E-state index in [-0.39, 0.29) is 18.1 Å². The Morgan fingerprint density at radius 2 is 2.15 bits per heavy atom. The quantitative estimate of drug-likeness (QED) is 0.867. The van der Waals surface area contributed by atoms with Crippen LogP contribution in [0.4, 0.5) is 19.0 Å². The van der Waals surface area contributed by atoms with E-state index in [4.69, 9.17) is 0 Å². The molecule has 2 bridgehead atoms. The minimum atomic E-state index is -4.37. The zero-order valence-corrected chi connectivity index (χ0v) is 10.6. The van der Waals surface area contributed by atoms with Crippen LogP contribution in [0.3, 0.4) is 0 Å². The molecule has 0 aliphatic carbocycles. The minimum Gasteiger partial charge on any atom is -0.365 e. The maximum atomic E-state index is 12.4. The fourth-order valence-electron chi connectivity index (χ4n) is 3.19. The fourth-order valence-corrected chi connectivity index (χ4v) is 3.19. The molecule has 1 amide bonds. The largest absolute Gasteiger partial charge is 0.417 e. The van der Waals surface area contributed by atoms with Crippen molar-refractivity contribution < 1.29 is 18.0 Å². The number of halogens is 3. The van der Waals surface area contributed by atoms with Gasteiger partial charge < -0.3 is 10.2 Å². The molecule has 3 rings (SSSR count). The predicted octanol–water partition coefficient (Wildman–Crippen LogP) is 2.27. The van der Waals surface area contributed by atoms with Crippen LogP contribution in [0.5, 0.6) is 0 Å². The van der Waals surface area contributed by atoms with Gasteiger partial charge in [-0.2, -0.15) is 13.2 Å². The molecule has 1 N–H and O–H groups in total. The number of rotatable bonds is 3. The van der Waals surface area contributed by atoms with Crippen molar-refractivity contribution in [2.45, 2.75) is 43.6 Å². The molecule has 0 unspecified atom stereocenters. The van der Waals surface area contributed by atoms with Gasteiger partial charge in [0.2, 0.25) is 6.41 Å². The van der Waals surface area contributed by atoms with Gasteiger partial charge in [-0.25, -0.2) is 4.98 Å². The molecule has 2 saturated heterocycles. The van der Waals surface area contributed by atoms with E-state index in [2.05, 4.69) is 10.3 Å². The monoisotopic (exact) mass is 285 g/mol. The van der Waals surface area contributed by atoms with Crippen LogP contribution in [0, 0.1) is 0 Å². The van der Waals surface area contributed by atoms with E-state index in [1.807, 2.05) is 4.90 Å². The highest BCUT2D eigenvalue weighted by molar-refractivity contribution is 5.52. The summed E-state index contributed by atoms with van der Waals surface area (Å²) in [4.78, 5) is 16.6. The predicted molar refractivity (Wildman–Crippen MR) is 66.0 cm³/mol. The number of aromatic nitrogens is 1. The molecule has 1 aromatic heterocycles. The van der Waals surface area contributed by atoms with Crippen LogP contribution in [-0.4, -0.2) is 34.4 Å². The van der Waals surface area contributed by atoms with Gasteiger partial charge in [0.25, 0.3) is 0 Å². The number of hydrogen-bond acceptors (Lipinski definition) is 3. The van der Waals surface area contributed by atoms with Crippen molar-refractivity contribution in [2.24, 2.45) is 0 Å². The van der Waals surface area contributed by atoms with Crippen molar-refractivity contribution in [3.8, 4) is 0 Å². The van der Waals surface area contributed by atoms with Crippen molar-refractivity contribution in [3.05, 3.63) is 23.9 Å². The molecule has 3 atom stereocenters. The van der Waals surface area contributed by atoms with Crippen LogP contribution in [0.1, 0.15) is 24.8 Å². The Kier molecular flexibility index (Phi) is 3.07. The lowest BCUT2D eigenvalue weighted by atomic mass is 9.95. The highest BCUT2D eigenvalue weighted by atomic mass is 19.4. The van der Waals surface area contributed by atoms with E-state index in [9.17, 15) is 18.0 Å². The summed E-state index contributed by atoms with van der Waals surface area (Å²) in [5.41, 5.74) is -0.759. The summed E-state index contributed by atoms with van der Waals surface area (Å²) in [5, 5.41) is 3.14. The van der Waals surface area contributed by atoms with Crippen LogP contribution in [0.25, 0.3) is 0 Å². The number of carbonyl (C=O) groups is 1. The summed E-state index contributed by atoms with van der Waals surface area (Å²) in [5.74, 6) is 0.418. The molecule has 0 aromatic carbocycles. The molecule has 20 heavy (non-hydrogen) atoms. The van der Waals surface area contributed by atoms with Crippen LogP contribution < -0.4 is 5.32 Å². The average molecular weight is 285 g/mol. The first-order valence-corrected chi connectivity index (χ1v) is 6.51. The van der Waals surface area contributed by atoms with Crippen molar-refractivity contribution in [2.75, 3.05) is 5.32 Å². The van der Waals surface area contributed by atoms with Gasteiger partial charge in [-0.15, -0.1) is 0 Å². The lowest BCUT2D eigenvalue weighted by Gasteiger charge is -2.23. The second kappa shape index (κ2) is 4.64. The number of pyridine rings is 1. The van der Waals surface area contributed by atoms with Crippen molar-refractivity contribution in [1.82, 2.24) is 9.88 Å². The van der Waals surface area contributed by atoms with Gasteiger partial charge in [0.15, 0.2) is 0 Å². The van der Waals surface area contributed by atoms with Crippen LogP contribution in [-0.2, 0) is 11.0 Å². The van der Waals surface area contributed by atoms with Crippen molar-refractivity contribution in [3.63, 3.8) is 0 Å². The second-order valence-electron chi connectivity index (χ2n) is 5.27. The molecule has 0 spiro atoms. The molecule has 2 aliphatic heterocycles. The number of hydrogen-bond donors (Lipinski definition) is 1. The normalized spacial score (nSPS) is 28.8. The summed E-state index contributed by atoms with van der Waals surface area (Å²) in [6, 6.07) is 2.80. The van der Waals surface area contributed by atoms with E-state index < -0.39 is 11.7 Å². The Labute approximate surface area is 114 Å². The van der Waals surface area contributed by atoms with Gasteiger partial charge in [0.05, 0.1) is 11.6 Å². The highest BCUT2D eigenvalue weighted by Crippen LogP contribution is 2.38. The number of carbonyl (C=O) groups excluding carboxylic acids is 1. The van der Waals surface area contributed by atoms with Crippen LogP contribution >= 0.6 is 0 Å². The zero-order chi connectivity index (χ0) is 14.3. The van der Waals surface area contributed by atoms with E-state index in [1.165, 1.54) is 6.07 Å². The third-order valence-electron chi connectivity index (χ3n) is 4.14. The van der Waals surface area contributed by atoms with E-state index >= 15 is 0 Å². The molecule has 108 valence electrons. The Morgan fingerprint density at radius 1 is 1.35 bits per heavy atom. The van der Waals surface area contributed by atoms with Crippen LogP contribution in [0.15, 0.2) is 18.3 Å². The first kappa shape index (κ1) is 13.2. The number of amides is 1. The molecule has 3 heterocycles. The molecule has 0 radical (unpaired) electrons. The Bertz CT molecular complexity index is 503. The van der Waals surface area contributed by atoms with Gasteiger partial charge in [-0.1, -0.05) is 0 Å². The van der Waals surface area contributed by atoms with E-state index in [0.717, 1.165) is 37.9 Å². The smallest absolute Gasteiger partial charge is 0.365 e. The second-order valence-corrected chi connectivity index (χ2v) is 5.27. The summed E-state index contributed by atoms with van der Waals surface area (Å²) in [6.45, 7) is 0. The van der Waals surface area contributed by atoms with Crippen molar-refractivity contribution in [1.29, 1.82) is 0 Å². The SMILES string of the molecule is O=CN1[C@@H]2CC[C@H]1[C@H](Nc1ccc(C(F)(F)F)cn1)C2. The van der Waals surface area contributed by atoms with Gasteiger partial charge in [-0.05, 0) is 31.4 Å². The molecule has 7 heteroatoms. The fraction of sp³-hybridized carbons (Fsp3) is 0.538. The molecule has 0 saturated carbocycles. The molecule has 2 fully saturated rings. The summed E-state index contributed by atoms with van der Waals surface area (Å²) in [6.07, 6.45) is 0.0827. The third-order valence-corrected chi connectivity index (χ3v) is 4.14. The summed E-state index contributed by atoms with van der Waals surface area (Å²) >= 11 is 0. The molecular weight excluding hydrogens is 271 g/mol. The van der Waals surface area contributed by atoms with Crippen LogP contribution in [0.2, 0.25) is 0 Å². The van der Waals surface area contributed by atoms with Gasteiger partial charge in [-0.3, -0.25) is 4.79 Å². The Morgan fingerprint density at radius 3 is 2.70 bits per heavy atom. The number of anilines is 1. The summed E-state index contributed by atoms with van der Waals surface area (Å²) < 4.78 is 37.3. The Balaban J connectivity index is 1.69. The number of alkyl halides is 3. The van der Waals surface area contributed by atoms with E-state index in [0.29, 0.717) is 5.82 Å². The maximum absolute atomic E-state index is 12.4. The Hall–Kier alpha value is -1.79. The maximum Gasteiger partial charge on any atom is 0.417 e. The van der Waals surface area contributed by atoms with Gasteiger partial charge in [0.1, 0.15) is 5.82 Å². The first-order valence-electron chi connectivity index (χ1n) is 6.51. The summed E-state index contributed by atoms with van der Waals surface area (Å²) in [7, 11) is 0. The minimum absolute atomic E-state index is 0.0724. The zero-order valence-electron chi connectivity index (χ0n) is 10.6. The third kappa shape index (κ3) is 2.21. The topological polar surface area (TPSA) is 45.2 Å². The number of nitrogens with one attached hydrogen (secondary N) is 1. The molecule has 2 aliphatic rings. The van der Waals surface area contributed by atoms with Crippen molar-refractivity contribution >= 4 is 12.2 Å².